The molecule has 2 N–H and O–H groups in total. The largest absolute Gasteiger partial charge is 0.382 e. The van der Waals surface area contributed by atoms with Crippen molar-refractivity contribution >= 4 is 11.6 Å². The van der Waals surface area contributed by atoms with Crippen molar-refractivity contribution in [3.63, 3.8) is 0 Å². The topological polar surface area (TPSA) is 93.1 Å². The predicted molar refractivity (Wildman–Crippen MR) is 132 cm³/mol. The number of hydrogen-bond acceptors (Lipinski definition) is 6. The van der Waals surface area contributed by atoms with Crippen LogP contribution in [0, 0.1) is 0 Å². The number of benzene rings is 2. The van der Waals surface area contributed by atoms with E-state index >= 15 is 0 Å². The zero-order valence-electron chi connectivity index (χ0n) is 20.8. The van der Waals surface area contributed by atoms with Crippen molar-refractivity contribution in [3.8, 4) is 0 Å². The van der Waals surface area contributed by atoms with Crippen LogP contribution in [-0.2, 0) is 22.7 Å². The Balaban J connectivity index is 1.52. The Labute approximate surface area is 202 Å². The highest BCUT2D eigenvalue weighted by molar-refractivity contribution is 6.02. The Kier molecular flexibility index (Phi) is 10.6. The molecule has 6 nitrogen and oxygen atoms in total. The molecule has 6 heteroatoms. The van der Waals surface area contributed by atoms with Crippen molar-refractivity contribution < 1.29 is 29.3 Å². The van der Waals surface area contributed by atoms with Crippen LogP contribution in [0.1, 0.15) is 85.2 Å². The second kappa shape index (κ2) is 12.9. The number of carbonyl (C=O) groups excluding carboxylic acids is 2. The summed E-state index contributed by atoms with van der Waals surface area (Å²) in [6.45, 7) is 8.32. The fourth-order valence-electron chi connectivity index (χ4n) is 3.35. The smallest absolute Gasteiger partial charge is 0.193 e. The third-order valence-electron chi connectivity index (χ3n) is 5.41. The molecule has 2 aromatic rings. The average molecular weight is 471 g/mol. The molecule has 0 radical (unpaired) electrons. The Morgan fingerprint density at radius 1 is 0.618 bits per heavy atom. The van der Waals surface area contributed by atoms with Crippen LogP contribution in [0.2, 0.25) is 0 Å². The van der Waals surface area contributed by atoms with Crippen LogP contribution >= 0.6 is 0 Å². The van der Waals surface area contributed by atoms with E-state index in [4.69, 9.17) is 9.47 Å². The van der Waals surface area contributed by atoms with Crippen LogP contribution in [-0.4, -0.2) is 46.2 Å². The Hall–Kier alpha value is -2.38. The van der Waals surface area contributed by atoms with Gasteiger partial charge in [-0.3, -0.25) is 9.59 Å². The van der Waals surface area contributed by atoms with E-state index in [0.29, 0.717) is 37.6 Å². The third kappa shape index (κ3) is 9.47. The molecule has 0 aliphatic heterocycles. The van der Waals surface area contributed by atoms with Crippen LogP contribution in [0.5, 0.6) is 0 Å². The van der Waals surface area contributed by atoms with Crippen LogP contribution in [0.3, 0.4) is 0 Å². The van der Waals surface area contributed by atoms with Crippen molar-refractivity contribution in [2.45, 2.75) is 77.8 Å². The SMILES string of the molecule is CC(C)(O)C(=O)c1ccc(COCCCCCCOCc2ccc(C(=O)C(C)(C)O)cc2)cc1. The van der Waals surface area contributed by atoms with E-state index in [0.717, 1.165) is 36.8 Å². The Morgan fingerprint density at radius 3 is 1.24 bits per heavy atom. The zero-order valence-corrected chi connectivity index (χ0v) is 20.8. The number of carbonyl (C=O) groups is 2. The first-order chi connectivity index (χ1) is 16.0. The lowest BCUT2D eigenvalue weighted by Crippen LogP contribution is -2.31. The normalized spacial score (nSPS) is 12.1. The quantitative estimate of drug-likeness (QED) is 0.284. The van der Waals surface area contributed by atoms with Crippen molar-refractivity contribution in [2.75, 3.05) is 13.2 Å². The monoisotopic (exact) mass is 470 g/mol. The Bertz CT molecular complexity index is 824. The predicted octanol–water partition coefficient (Wildman–Crippen LogP) is 4.89. The summed E-state index contributed by atoms with van der Waals surface area (Å²) >= 11 is 0. The minimum atomic E-state index is -1.37. The second-order valence-corrected chi connectivity index (χ2v) is 9.69. The standard InChI is InChI=1S/C28H38O6/c1-27(2,31)25(29)23-13-9-21(10-14-23)19-33-17-7-5-6-8-18-34-20-22-11-15-24(16-12-22)26(30)28(3,4)32/h9-16,31-32H,5-8,17-20H2,1-4H3. The summed E-state index contributed by atoms with van der Waals surface area (Å²) in [4.78, 5) is 24.1. The number of ether oxygens (including phenoxy) is 2. The van der Waals surface area contributed by atoms with E-state index in [-0.39, 0.29) is 11.6 Å². The summed E-state index contributed by atoms with van der Waals surface area (Å²) in [7, 11) is 0. The summed E-state index contributed by atoms with van der Waals surface area (Å²) in [6, 6.07) is 14.3. The third-order valence-corrected chi connectivity index (χ3v) is 5.41. The van der Waals surface area contributed by atoms with Crippen molar-refractivity contribution in [2.24, 2.45) is 0 Å². The number of Topliss-reactive ketones (excluding diaryl/α,β-unsaturated/α-hetero) is 2. The van der Waals surface area contributed by atoms with Gasteiger partial charge in [-0.1, -0.05) is 61.4 Å². The maximum Gasteiger partial charge on any atom is 0.193 e. The molecule has 0 saturated carbocycles. The van der Waals surface area contributed by atoms with Gasteiger partial charge in [0.2, 0.25) is 0 Å². The number of rotatable bonds is 15. The number of unbranched alkanes of at least 4 members (excludes halogenated alkanes) is 3. The first-order valence-corrected chi connectivity index (χ1v) is 11.9. The summed E-state index contributed by atoms with van der Waals surface area (Å²) in [5.74, 6) is -0.582. The first kappa shape index (κ1) is 27.9. The molecule has 0 aliphatic carbocycles. The summed E-state index contributed by atoms with van der Waals surface area (Å²) in [6.07, 6.45) is 4.09. The summed E-state index contributed by atoms with van der Waals surface area (Å²) in [5.41, 5.74) is 0.257. The van der Waals surface area contributed by atoms with Crippen LogP contribution < -0.4 is 0 Å². The molecule has 0 amide bonds. The highest BCUT2D eigenvalue weighted by atomic mass is 16.5. The first-order valence-electron chi connectivity index (χ1n) is 11.9. The molecular weight excluding hydrogens is 432 g/mol. The summed E-state index contributed by atoms with van der Waals surface area (Å²) in [5, 5.41) is 19.6. The maximum atomic E-state index is 12.0. The van der Waals surface area contributed by atoms with Crippen molar-refractivity contribution in [1.82, 2.24) is 0 Å². The number of ketones is 2. The van der Waals surface area contributed by atoms with E-state index in [1.807, 2.05) is 24.3 Å². The fourth-order valence-corrected chi connectivity index (χ4v) is 3.35. The molecular formula is C28H38O6. The fraction of sp³-hybridized carbons (Fsp3) is 0.500. The molecule has 0 spiro atoms. The molecule has 34 heavy (non-hydrogen) atoms. The van der Waals surface area contributed by atoms with Crippen LogP contribution in [0.25, 0.3) is 0 Å². The highest BCUT2D eigenvalue weighted by Gasteiger charge is 2.25. The molecule has 0 bridgehead atoms. The zero-order chi connectivity index (χ0) is 25.2. The number of aliphatic hydroxyl groups is 2. The van der Waals surface area contributed by atoms with Gasteiger partial charge >= 0.3 is 0 Å². The van der Waals surface area contributed by atoms with E-state index < -0.39 is 11.2 Å². The van der Waals surface area contributed by atoms with Gasteiger partial charge < -0.3 is 19.7 Å². The van der Waals surface area contributed by atoms with Gasteiger partial charge in [-0.05, 0) is 51.7 Å². The van der Waals surface area contributed by atoms with E-state index in [1.54, 1.807) is 24.3 Å². The van der Waals surface area contributed by atoms with Gasteiger partial charge in [0.25, 0.3) is 0 Å². The van der Waals surface area contributed by atoms with Crippen molar-refractivity contribution in [1.29, 1.82) is 0 Å². The van der Waals surface area contributed by atoms with Gasteiger partial charge in [-0.25, -0.2) is 0 Å². The lowest BCUT2D eigenvalue weighted by atomic mass is 9.96. The van der Waals surface area contributed by atoms with E-state index in [1.165, 1.54) is 27.7 Å². The molecule has 0 aromatic heterocycles. The second-order valence-electron chi connectivity index (χ2n) is 9.69. The van der Waals surface area contributed by atoms with Gasteiger partial charge in [-0.2, -0.15) is 0 Å². The number of hydrogen-bond donors (Lipinski definition) is 2. The molecule has 2 aromatic carbocycles. The minimum Gasteiger partial charge on any atom is -0.382 e. The molecule has 0 fully saturated rings. The Morgan fingerprint density at radius 2 is 0.941 bits per heavy atom. The summed E-state index contributed by atoms with van der Waals surface area (Å²) < 4.78 is 11.4. The molecule has 0 aliphatic rings. The molecule has 186 valence electrons. The van der Waals surface area contributed by atoms with Gasteiger partial charge in [0.1, 0.15) is 11.2 Å². The van der Waals surface area contributed by atoms with Crippen molar-refractivity contribution in [3.05, 3.63) is 70.8 Å². The van der Waals surface area contributed by atoms with Gasteiger partial charge in [0.05, 0.1) is 13.2 Å². The molecule has 0 heterocycles. The van der Waals surface area contributed by atoms with E-state index in [9.17, 15) is 19.8 Å². The van der Waals surface area contributed by atoms with Gasteiger partial charge in [0, 0.05) is 24.3 Å². The van der Waals surface area contributed by atoms with Gasteiger partial charge in [-0.15, -0.1) is 0 Å². The lowest BCUT2D eigenvalue weighted by Gasteiger charge is -2.15. The molecule has 0 saturated heterocycles. The average Bonchev–Trinajstić information content (AvgIpc) is 2.79. The van der Waals surface area contributed by atoms with E-state index in [2.05, 4.69) is 0 Å². The lowest BCUT2D eigenvalue weighted by molar-refractivity contribution is 0.0487. The molecule has 0 atom stereocenters. The highest BCUT2D eigenvalue weighted by Crippen LogP contribution is 2.15. The molecule has 2 rings (SSSR count). The maximum absolute atomic E-state index is 12.0. The van der Waals surface area contributed by atoms with Crippen LogP contribution in [0.15, 0.2) is 48.5 Å². The van der Waals surface area contributed by atoms with Crippen LogP contribution in [0.4, 0.5) is 0 Å². The molecule has 0 unspecified atom stereocenters. The minimum absolute atomic E-state index is 0.291. The van der Waals surface area contributed by atoms with Gasteiger partial charge in [0.15, 0.2) is 11.6 Å².